The lowest BCUT2D eigenvalue weighted by atomic mass is 10.0. The molecule has 1 aliphatic rings. The van der Waals surface area contributed by atoms with E-state index in [1.807, 2.05) is 18.9 Å². The second kappa shape index (κ2) is 6.41. The molecule has 1 aromatic rings. The van der Waals surface area contributed by atoms with Gasteiger partial charge in [-0.3, -0.25) is 4.79 Å². The van der Waals surface area contributed by atoms with Crippen molar-refractivity contribution in [2.24, 2.45) is 0 Å². The lowest BCUT2D eigenvalue weighted by molar-refractivity contribution is 0.0508. The number of aliphatic hydroxyl groups excluding tert-OH is 1. The van der Waals surface area contributed by atoms with Crippen molar-refractivity contribution < 1.29 is 9.90 Å². The molecule has 0 bridgehead atoms. The number of amides is 1. The van der Waals surface area contributed by atoms with Crippen molar-refractivity contribution in [2.75, 3.05) is 37.4 Å². The maximum atomic E-state index is 12.6. The Kier molecular flexibility index (Phi) is 4.82. The van der Waals surface area contributed by atoms with Crippen molar-refractivity contribution in [1.29, 1.82) is 0 Å². The van der Waals surface area contributed by atoms with E-state index in [0.29, 0.717) is 11.4 Å². The van der Waals surface area contributed by atoms with Crippen molar-refractivity contribution in [2.45, 2.75) is 32.2 Å². The maximum Gasteiger partial charge on any atom is 0.268 e. The summed E-state index contributed by atoms with van der Waals surface area (Å²) in [4.78, 5) is 21.0. The predicted molar refractivity (Wildman–Crippen MR) is 81.2 cm³/mol. The topological polar surface area (TPSA) is 82.7 Å². The van der Waals surface area contributed by atoms with E-state index in [1.165, 1.54) is 11.3 Å². The molecule has 1 amide bonds. The quantitative estimate of drug-likeness (QED) is 0.872. The van der Waals surface area contributed by atoms with Crippen LogP contribution in [0, 0.1) is 0 Å². The van der Waals surface area contributed by atoms with Crippen molar-refractivity contribution in [3.05, 3.63) is 4.88 Å². The minimum atomic E-state index is -0.102. The third-order valence-electron chi connectivity index (χ3n) is 3.74. The van der Waals surface area contributed by atoms with Gasteiger partial charge >= 0.3 is 0 Å². The molecule has 1 saturated heterocycles. The first-order chi connectivity index (χ1) is 9.58. The highest BCUT2D eigenvalue weighted by Gasteiger charge is 2.30. The average Bonchev–Trinajstić information content (AvgIpc) is 2.87. The summed E-state index contributed by atoms with van der Waals surface area (Å²) in [7, 11) is 1.92. The predicted octanol–water partition coefficient (Wildman–Crippen LogP) is 1.17. The van der Waals surface area contributed by atoms with E-state index in [-0.39, 0.29) is 24.4 Å². The van der Waals surface area contributed by atoms with Gasteiger partial charge in [0, 0.05) is 20.1 Å². The molecule has 20 heavy (non-hydrogen) atoms. The Labute approximate surface area is 123 Å². The van der Waals surface area contributed by atoms with Gasteiger partial charge in [-0.2, -0.15) is 0 Å². The van der Waals surface area contributed by atoms with Crippen LogP contribution >= 0.6 is 11.3 Å². The Morgan fingerprint density at radius 2 is 2.35 bits per heavy atom. The Hall–Kier alpha value is -1.34. The molecule has 2 heterocycles. The Balaban J connectivity index is 2.21. The molecule has 1 fully saturated rings. The molecule has 0 aliphatic carbocycles. The SMILES string of the molecule is CCN(C)c1nc(N)c(C(=O)N2CCCCC2CO)s1. The van der Waals surface area contributed by atoms with Gasteiger partial charge < -0.3 is 20.6 Å². The molecule has 0 aromatic carbocycles. The molecular formula is C13H22N4O2S. The number of hydrogen-bond acceptors (Lipinski definition) is 6. The summed E-state index contributed by atoms with van der Waals surface area (Å²) in [5.41, 5.74) is 5.89. The lowest BCUT2D eigenvalue weighted by Gasteiger charge is -2.34. The molecule has 1 unspecified atom stereocenters. The number of nitrogen functional groups attached to an aromatic ring is 1. The zero-order chi connectivity index (χ0) is 14.7. The van der Waals surface area contributed by atoms with E-state index in [1.54, 1.807) is 4.90 Å². The van der Waals surface area contributed by atoms with Gasteiger partial charge in [-0.1, -0.05) is 11.3 Å². The van der Waals surface area contributed by atoms with Crippen LogP contribution in [-0.2, 0) is 0 Å². The second-order valence-electron chi connectivity index (χ2n) is 5.06. The lowest BCUT2D eigenvalue weighted by Crippen LogP contribution is -2.45. The number of carbonyl (C=O) groups excluding carboxylic acids is 1. The molecule has 0 saturated carbocycles. The van der Waals surface area contributed by atoms with Crippen LogP contribution in [0.3, 0.4) is 0 Å². The number of likely N-dealkylation sites (tertiary alicyclic amines) is 1. The number of hydrogen-bond donors (Lipinski definition) is 2. The number of nitrogens with zero attached hydrogens (tertiary/aromatic N) is 3. The molecule has 6 nitrogen and oxygen atoms in total. The minimum Gasteiger partial charge on any atom is -0.394 e. The van der Waals surface area contributed by atoms with E-state index < -0.39 is 0 Å². The molecule has 1 atom stereocenters. The Bertz CT molecular complexity index is 477. The summed E-state index contributed by atoms with van der Waals surface area (Å²) in [6.07, 6.45) is 2.88. The fourth-order valence-electron chi connectivity index (χ4n) is 2.36. The van der Waals surface area contributed by atoms with Crippen LogP contribution in [0.15, 0.2) is 0 Å². The Morgan fingerprint density at radius 3 is 3.00 bits per heavy atom. The zero-order valence-electron chi connectivity index (χ0n) is 12.0. The first-order valence-electron chi connectivity index (χ1n) is 6.97. The third-order valence-corrected chi connectivity index (χ3v) is 4.91. The fourth-order valence-corrected chi connectivity index (χ4v) is 3.33. The summed E-state index contributed by atoms with van der Waals surface area (Å²) in [5.74, 6) is 0.187. The number of piperidine rings is 1. The van der Waals surface area contributed by atoms with Crippen LogP contribution in [0.25, 0.3) is 0 Å². The summed E-state index contributed by atoms with van der Waals surface area (Å²) in [6.45, 7) is 3.52. The molecule has 1 aliphatic heterocycles. The van der Waals surface area contributed by atoms with Crippen LogP contribution in [0.4, 0.5) is 10.9 Å². The number of aromatic nitrogens is 1. The Morgan fingerprint density at radius 1 is 1.60 bits per heavy atom. The molecule has 112 valence electrons. The molecule has 2 rings (SSSR count). The number of thiazole rings is 1. The van der Waals surface area contributed by atoms with Crippen molar-refractivity contribution in [3.8, 4) is 0 Å². The highest BCUT2D eigenvalue weighted by atomic mass is 32.1. The summed E-state index contributed by atoms with van der Waals surface area (Å²) in [6, 6.07) is -0.0925. The first kappa shape index (κ1) is 15.1. The number of nitrogens with two attached hydrogens (primary N) is 1. The van der Waals surface area contributed by atoms with Crippen LogP contribution in [0.5, 0.6) is 0 Å². The second-order valence-corrected chi connectivity index (χ2v) is 6.03. The van der Waals surface area contributed by atoms with Gasteiger partial charge in [0.05, 0.1) is 12.6 Å². The monoisotopic (exact) mass is 298 g/mol. The van der Waals surface area contributed by atoms with Crippen molar-refractivity contribution in [1.82, 2.24) is 9.88 Å². The summed E-state index contributed by atoms with van der Waals surface area (Å²) >= 11 is 1.32. The standard InChI is InChI=1S/C13H22N4O2S/c1-3-16(2)13-15-11(14)10(20-13)12(19)17-7-5-4-6-9(17)8-18/h9,18H,3-8,14H2,1-2H3. The van der Waals surface area contributed by atoms with Gasteiger partial charge in [-0.05, 0) is 26.2 Å². The molecule has 1 aromatic heterocycles. The van der Waals surface area contributed by atoms with E-state index in [9.17, 15) is 9.90 Å². The molecule has 3 N–H and O–H groups in total. The fraction of sp³-hybridized carbons (Fsp3) is 0.692. The van der Waals surface area contributed by atoms with Gasteiger partial charge in [0.15, 0.2) is 5.13 Å². The molecular weight excluding hydrogens is 276 g/mol. The van der Waals surface area contributed by atoms with Crippen LogP contribution in [0.1, 0.15) is 35.9 Å². The van der Waals surface area contributed by atoms with E-state index in [0.717, 1.165) is 30.9 Å². The average molecular weight is 298 g/mol. The van der Waals surface area contributed by atoms with Crippen LogP contribution in [-0.4, -0.2) is 53.7 Å². The molecule has 0 spiro atoms. The zero-order valence-corrected chi connectivity index (χ0v) is 12.8. The first-order valence-corrected chi connectivity index (χ1v) is 7.79. The van der Waals surface area contributed by atoms with Gasteiger partial charge in [0.1, 0.15) is 10.7 Å². The largest absolute Gasteiger partial charge is 0.394 e. The molecule has 0 radical (unpaired) electrons. The van der Waals surface area contributed by atoms with E-state index >= 15 is 0 Å². The van der Waals surface area contributed by atoms with Gasteiger partial charge in [0.25, 0.3) is 5.91 Å². The highest BCUT2D eigenvalue weighted by Crippen LogP contribution is 2.30. The van der Waals surface area contributed by atoms with E-state index in [2.05, 4.69) is 4.98 Å². The number of rotatable bonds is 4. The minimum absolute atomic E-state index is 0.00612. The smallest absolute Gasteiger partial charge is 0.268 e. The number of carbonyl (C=O) groups is 1. The summed E-state index contributed by atoms with van der Waals surface area (Å²) in [5, 5.41) is 10.2. The van der Waals surface area contributed by atoms with Crippen molar-refractivity contribution >= 4 is 28.2 Å². The van der Waals surface area contributed by atoms with Crippen LogP contribution in [0.2, 0.25) is 0 Å². The summed E-state index contributed by atoms with van der Waals surface area (Å²) < 4.78 is 0. The molecule has 7 heteroatoms. The number of anilines is 2. The van der Waals surface area contributed by atoms with E-state index in [4.69, 9.17) is 5.73 Å². The van der Waals surface area contributed by atoms with Gasteiger partial charge in [0.2, 0.25) is 0 Å². The highest BCUT2D eigenvalue weighted by molar-refractivity contribution is 7.18. The van der Waals surface area contributed by atoms with Crippen molar-refractivity contribution in [3.63, 3.8) is 0 Å². The maximum absolute atomic E-state index is 12.6. The number of aliphatic hydroxyl groups is 1. The normalized spacial score (nSPS) is 19.1. The third kappa shape index (κ3) is 2.88. The van der Waals surface area contributed by atoms with Gasteiger partial charge in [-0.15, -0.1) is 0 Å². The van der Waals surface area contributed by atoms with Gasteiger partial charge in [-0.25, -0.2) is 4.98 Å². The van der Waals surface area contributed by atoms with Crippen LogP contribution < -0.4 is 10.6 Å².